The van der Waals surface area contributed by atoms with Crippen molar-refractivity contribution in [2.24, 2.45) is 11.1 Å². The van der Waals surface area contributed by atoms with E-state index in [9.17, 15) is 0 Å². The normalized spacial score (nSPS) is 12.8. The number of halogens is 1. The highest BCUT2D eigenvalue weighted by molar-refractivity contribution is 9.10. The molecule has 0 fully saturated rings. The van der Waals surface area contributed by atoms with Crippen LogP contribution in [0.3, 0.4) is 0 Å². The first-order valence-electron chi connectivity index (χ1n) is 5.80. The van der Waals surface area contributed by atoms with Crippen LogP contribution in [0.4, 0.5) is 0 Å². The lowest BCUT2D eigenvalue weighted by Crippen LogP contribution is -2.10. The van der Waals surface area contributed by atoms with Crippen LogP contribution in [0.1, 0.15) is 44.4 Å². The minimum atomic E-state index is -0.0129. The topological polar surface area (TPSA) is 26.0 Å². The number of benzene rings is 1. The van der Waals surface area contributed by atoms with E-state index in [-0.39, 0.29) is 11.5 Å². The number of hydrogen-bond acceptors (Lipinski definition) is 1. The Morgan fingerprint density at radius 3 is 2.47 bits per heavy atom. The number of aryl methyl sites for hydroxylation is 1. The van der Waals surface area contributed by atoms with Gasteiger partial charge in [0.15, 0.2) is 0 Å². The average molecular weight is 294 g/mol. The fourth-order valence-electron chi connectivity index (χ4n) is 1.52. The van der Waals surface area contributed by atoms with E-state index in [1.165, 1.54) is 5.56 Å². The summed E-state index contributed by atoms with van der Waals surface area (Å²) in [6.45, 7) is 8.39. The Hall–Kier alpha value is -0.780. The third-order valence-corrected chi connectivity index (χ3v) is 2.74. The third-order valence-electron chi connectivity index (χ3n) is 2.28. The zero-order valence-electron chi connectivity index (χ0n) is 11.0. The van der Waals surface area contributed by atoms with Crippen molar-refractivity contribution in [3.8, 4) is 11.8 Å². The van der Waals surface area contributed by atoms with Crippen molar-refractivity contribution in [3.63, 3.8) is 0 Å². The van der Waals surface area contributed by atoms with Gasteiger partial charge in [0, 0.05) is 22.4 Å². The van der Waals surface area contributed by atoms with Gasteiger partial charge in [-0.3, -0.25) is 0 Å². The van der Waals surface area contributed by atoms with Gasteiger partial charge in [0.25, 0.3) is 0 Å². The highest BCUT2D eigenvalue weighted by atomic mass is 79.9. The van der Waals surface area contributed by atoms with Crippen molar-refractivity contribution in [2.45, 2.75) is 40.2 Å². The fourth-order valence-corrected chi connectivity index (χ4v) is 2.15. The molecule has 1 rings (SSSR count). The second-order valence-corrected chi connectivity index (χ2v) is 6.34. The first kappa shape index (κ1) is 14.3. The van der Waals surface area contributed by atoms with E-state index in [0.717, 1.165) is 10.0 Å². The number of rotatable bonds is 2. The van der Waals surface area contributed by atoms with Crippen LogP contribution in [0.15, 0.2) is 22.7 Å². The molecule has 0 aromatic heterocycles. The van der Waals surface area contributed by atoms with Crippen molar-refractivity contribution in [2.75, 3.05) is 0 Å². The maximum absolute atomic E-state index is 6.14. The summed E-state index contributed by atoms with van der Waals surface area (Å²) in [6, 6.07) is 6.25. The fraction of sp³-hybridized carbons (Fsp3) is 0.467. The minimum absolute atomic E-state index is 0.0129. The van der Waals surface area contributed by atoms with Gasteiger partial charge in [-0.2, -0.15) is 0 Å². The Kier molecular flexibility index (Phi) is 4.80. The van der Waals surface area contributed by atoms with Crippen molar-refractivity contribution < 1.29 is 0 Å². The molecular formula is C15H20BrN. The minimum Gasteiger partial charge on any atom is -0.323 e. The van der Waals surface area contributed by atoms with Crippen molar-refractivity contribution >= 4 is 15.9 Å². The van der Waals surface area contributed by atoms with Gasteiger partial charge in [-0.1, -0.05) is 27.9 Å². The molecule has 17 heavy (non-hydrogen) atoms. The Morgan fingerprint density at radius 2 is 1.94 bits per heavy atom. The van der Waals surface area contributed by atoms with E-state index in [0.29, 0.717) is 6.42 Å². The molecule has 1 unspecified atom stereocenters. The molecule has 0 spiro atoms. The van der Waals surface area contributed by atoms with Crippen LogP contribution in [0.5, 0.6) is 0 Å². The molecule has 92 valence electrons. The monoisotopic (exact) mass is 293 g/mol. The molecule has 0 aliphatic heterocycles. The van der Waals surface area contributed by atoms with Gasteiger partial charge in [0.2, 0.25) is 0 Å². The molecule has 0 radical (unpaired) electrons. The molecule has 1 aromatic carbocycles. The van der Waals surface area contributed by atoms with Gasteiger partial charge in [0.1, 0.15) is 0 Å². The summed E-state index contributed by atoms with van der Waals surface area (Å²) < 4.78 is 1.08. The summed E-state index contributed by atoms with van der Waals surface area (Å²) in [4.78, 5) is 0. The maximum Gasteiger partial charge on any atom is 0.0406 e. The van der Waals surface area contributed by atoms with E-state index in [1.807, 2.05) is 0 Å². The highest BCUT2D eigenvalue weighted by Gasteiger charge is 2.07. The average Bonchev–Trinajstić information content (AvgIpc) is 2.13. The summed E-state index contributed by atoms with van der Waals surface area (Å²) in [6.07, 6.45) is 0.702. The molecule has 2 N–H and O–H groups in total. The van der Waals surface area contributed by atoms with Crippen molar-refractivity contribution in [1.82, 2.24) is 0 Å². The second kappa shape index (κ2) is 5.71. The van der Waals surface area contributed by atoms with E-state index >= 15 is 0 Å². The number of nitrogens with two attached hydrogens (primary N) is 1. The summed E-state index contributed by atoms with van der Waals surface area (Å²) in [5.41, 5.74) is 8.54. The number of hydrogen-bond donors (Lipinski definition) is 1. The molecular weight excluding hydrogens is 274 g/mol. The molecule has 1 nitrogen and oxygen atoms in total. The molecule has 0 aliphatic rings. The lowest BCUT2D eigenvalue weighted by Gasteiger charge is -2.11. The third kappa shape index (κ3) is 5.39. The zero-order valence-corrected chi connectivity index (χ0v) is 12.6. The van der Waals surface area contributed by atoms with Gasteiger partial charge < -0.3 is 5.73 Å². The largest absolute Gasteiger partial charge is 0.323 e. The van der Waals surface area contributed by atoms with Crippen LogP contribution >= 0.6 is 15.9 Å². The summed E-state index contributed by atoms with van der Waals surface area (Å²) in [5.74, 6) is 6.38. The molecule has 0 bridgehead atoms. The second-order valence-electron chi connectivity index (χ2n) is 5.42. The van der Waals surface area contributed by atoms with Crippen LogP contribution < -0.4 is 5.73 Å². The van der Waals surface area contributed by atoms with Crippen LogP contribution in [0.25, 0.3) is 0 Å². The van der Waals surface area contributed by atoms with Gasteiger partial charge in [-0.25, -0.2) is 0 Å². The lowest BCUT2D eigenvalue weighted by molar-refractivity contribution is 0.569. The molecule has 1 aromatic rings. The predicted octanol–water partition coefficient (Wildman–Crippen LogP) is 4.20. The molecule has 0 heterocycles. The van der Waals surface area contributed by atoms with Crippen LogP contribution in [-0.2, 0) is 0 Å². The van der Waals surface area contributed by atoms with Crippen LogP contribution in [-0.4, -0.2) is 0 Å². The maximum atomic E-state index is 6.14. The molecule has 0 amide bonds. The van der Waals surface area contributed by atoms with E-state index in [2.05, 4.69) is 73.7 Å². The van der Waals surface area contributed by atoms with E-state index < -0.39 is 0 Å². The summed E-state index contributed by atoms with van der Waals surface area (Å²) in [7, 11) is 0. The Balaban J connectivity index is 2.76. The first-order valence-corrected chi connectivity index (χ1v) is 6.60. The zero-order chi connectivity index (χ0) is 13.1. The standard InChI is InChI=1S/C15H20BrN/c1-11-8-12(10-13(16)9-11)14(17)6-5-7-15(2,3)4/h8-10,14H,6,17H2,1-4H3. The predicted molar refractivity (Wildman–Crippen MR) is 77.7 cm³/mol. The molecule has 0 saturated carbocycles. The van der Waals surface area contributed by atoms with Gasteiger partial charge in [-0.05, 0) is 51.0 Å². The van der Waals surface area contributed by atoms with Gasteiger partial charge in [-0.15, -0.1) is 5.92 Å². The van der Waals surface area contributed by atoms with Crippen molar-refractivity contribution in [1.29, 1.82) is 0 Å². The van der Waals surface area contributed by atoms with Crippen LogP contribution in [0, 0.1) is 24.2 Å². The Labute approximate surface area is 113 Å². The smallest absolute Gasteiger partial charge is 0.0406 e. The SMILES string of the molecule is Cc1cc(Br)cc(C(N)CC#CC(C)(C)C)c1. The summed E-state index contributed by atoms with van der Waals surface area (Å²) >= 11 is 3.49. The highest BCUT2D eigenvalue weighted by Crippen LogP contribution is 2.21. The molecule has 0 saturated heterocycles. The summed E-state index contributed by atoms with van der Waals surface area (Å²) in [5, 5.41) is 0. The first-order chi connectivity index (χ1) is 7.78. The molecule has 1 atom stereocenters. The quantitative estimate of drug-likeness (QED) is 0.813. The molecule has 0 aliphatic carbocycles. The Bertz CT molecular complexity index is 426. The van der Waals surface area contributed by atoms with E-state index in [1.54, 1.807) is 0 Å². The van der Waals surface area contributed by atoms with Crippen molar-refractivity contribution in [3.05, 3.63) is 33.8 Å². The van der Waals surface area contributed by atoms with Crippen LogP contribution in [0.2, 0.25) is 0 Å². The van der Waals surface area contributed by atoms with Gasteiger partial charge in [0.05, 0.1) is 0 Å². The van der Waals surface area contributed by atoms with E-state index in [4.69, 9.17) is 5.73 Å². The van der Waals surface area contributed by atoms with Gasteiger partial charge >= 0.3 is 0 Å². The molecule has 2 heteroatoms. The lowest BCUT2D eigenvalue weighted by atomic mass is 9.96. The Morgan fingerprint density at radius 1 is 1.29 bits per heavy atom.